The van der Waals surface area contributed by atoms with Crippen LogP contribution in [-0.4, -0.2) is 37.3 Å². The number of rotatable bonds is 6. The summed E-state index contributed by atoms with van der Waals surface area (Å²) >= 11 is 5.87. The standard InChI is InChI=1S/C22H27ClN2O3S/c1-22(2,15-17-7-4-3-5-8-17)24-21(26)18-9-6-14-25(16-18)29(27,28)20-12-10-19(23)11-13-20/h3-5,7-8,10-13,18H,6,9,14-16H2,1-2H3,(H,24,26)/t18-/m0/s1. The fraction of sp³-hybridized carbons (Fsp3) is 0.409. The number of halogens is 1. The van der Waals surface area contributed by atoms with Crippen molar-refractivity contribution in [2.75, 3.05) is 13.1 Å². The minimum Gasteiger partial charge on any atom is -0.351 e. The number of carbonyl (C=O) groups excluding carboxylic acids is 1. The Morgan fingerprint density at radius 2 is 1.79 bits per heavy atom. The third-order valence-electron chi connectivity index (χ3n) is 5.16. The van der Waals surface area contributed by atoms with E-state index in [1.54, 1.807) is 12.1 Å². The van der Waals surface area contributed by atoms with Crippen LogP contribution in [0.4, 0.5) is 0 Å². The monoisotopic (exact) mass is 434 g/mol. The van der Waals surface area contributed by atoms with E-state index >= 15 is 0 Å². The molecule has 3 rings (SSSR count). The van der Waals surface area contributed by atoms with Crippen molar-refractivity contribution in [3.05, 3.63) is 65.2 Å². The second-order valence-electron chi connectivity index (χ2n) is 8.19. The van der Waals surface area contributed by atoms with Gasteiger partial charge in [-0.1, -0.05) is 41.9 Å². The number of nitrogens with zero attached hydrogens (tertiary/aromatic N) is 1. The number of benzene rings is 2. The van der Waals surface area contributed by atoms with Gasteiger partial charge < -0.3 is 5.32 Å². The van der Waals surface area contributed by atoms with E-state index in [0.29, 0.717) is 30.8 Å². The molecule has 0 saturated carbocycles. The van der Waals surface area contributed by atoms with Crippen LogP contribution in [0.15, 0.2) is 59.5 Å². The van der Waals surface area contributed by atoms with E-state index < -0.39 is 15.6 Å². The maximum Gasteiger partial charge on any atom is 0.243 e. The van der Waals surface area contributed by atoms with Crippen LogP contribution in [-0.2, 0) is 21.2 Å². The van der Waals surface area contributed by atoms with Crippen LogP contribution in [0.25, 0.3) is 0 Å². The zero-order valence-corrected chi connectivity index (χ0v) is 18.3. The summed E-state index contributed by atoms with van der Waals surface area (Å²) in [5.74, 6) is -0.456. The highest BCUT2D eigenvalue weighted by Crippen LogP contribution is 2.25. The molecule has 0 aliphatic carbocycles. The smallest absolute Gasteiger partial charge is 0.243 e. The van der Waals surface area contributed by atoms with Gasteiger partial charge in [0.1, 0.15) is 0 Å². The largest absolute Gasteiger partial charge is 0.351 e. The van der Waals surface area contributed by atoms with Crippen LogP contribution in [0.1, 0.15) is 32.3 Å². The van der Waals surface area contributed by atoms with Crippen molar-refractivity contribution in [3.63, 3.8) is 0 Å². The summed E-state index contributed by atoms with van der Waals surface area (Å²) in [4.78, 5) is 13.1. The molecular weight excluding hydrogens is 408 g/mol. The molecule has 2 aromatic carbocycles. The summed E-state index contributed by atoms with van der Waals surface area (Å²) < 4.78 is 27.3. The van der Waals surface area contributed by atoms with Crippen molar-refractivity contribution >= 4 is 27.5 Å². The van der Waals surface area contributed by atoms with Gasteiger partial charge in [-0.15, -0.1) is 0 Å². The lowest BCUT2D eigenvalue weighted by Crippen LogP contribution is -2.51. The lowest BCUT2D eigenvalue weighted by molar-refractivity contribution is -0.127. The maximum atomic E-state index is 12.9. The molecule has 1 saturated heterocycles. The van der Waals surface area contributed by atoms with Crippen molar-refractivity contribution in [1.82, 2.24) is 9.62 Å². The minimum atomic E-state index is -3.64. The highest BCUT2D eigenvalue weighted by Gasteiger charge is 2.35. The van der Waals surface area contributed by atoms with Crippen LogP contribution >= 0.6 is 11.6 Å². The molecule has 29 heavy (non-hydrogen) atoms. The van der Waals surface area contributed by atoms with Crippen molar-refractivity contribution in [2.45, 2.75) is 43.5 Å². The first kappa shape index (κ1) is 21.8. The number of nitrogens with one attached hydrogen (secondary N) is 1. The highest BCUT2D eigenvalue weighted by molar-refractivity contribution is 7.89. The van der Waals surface area contributed by atoms with E-state index in [-0.39, 0.29) is 23.3 Å². The molecule has 1 aliphatic heterocycles. The number of hydrogen-bond acceptors (Lipinski definition) is 3. The third-order valence-corrected chi connectivity index (χ3v) is 7.29. The molecule has 1 atom stereocenters. The van der Waals surface area contributed by atoms with Crippen molar-refractivity contribution in [3.8, 4) is 0 Å². The van der Waals surface area contributed by atoms with E-state index in [2.05, 4.69) is 5.32 Å². The average molecular weight is 435 g/mol. The van der Waals surface area contributed by atoms with E-state index in [9.17, 15) is 13.2 Å². The lowest BCUT2D eigenvalue weighted by Gasteiger charge is -2.34. The van der Waals surface area contributed by atoms with Crippen LogP contribution < -0.4 is 5.32 Å². The topological polar surface area (TPSA) is 66.5 Å². The van der Waals surface area contributed by atoms with Crippen LogP contribution in [0, 0.1) is 5.92 Å². The van der Waals surface area contributed by atoms with Crippen LogP contribution in [0.5, 0.6) is 0 Å². The first-order chi connectivity index (χ1) is 13.7. The zero-order valence-electron chi connectivity index (χ0n) is 16.8. The quantitative estimate of drug-likeness (QED) is 0.750. The van der Waals surface area contributed by atoms with Gasteiger partial charge in [0.2, 0.25) is 15.9 Å². The second kappa shape index (κ2) is 8.86. The van der Waals surface area contributed by atoms with E-state index in [1.165, 1.54) is 16.4 Å². The van der Waals surface area contributed by atoms with Gasteiger partial charge in [0, 0.05) is 23.7 Å². The normalized spacial score (nSPS) is 18.4. The van der Waals surface area contributed by atoms with E-state index in [4.69, 9.17) is 11.6 Å². The Kier molecular flexibility index (Phi) is 6.66. The molecule has 1 amide bonds. The summed E-state index contributed by atoms with van der Waals surface area (Å²) in [7, 11) is -3.64. The molecule has 2 aromatic rings. The predicted molar refractivity (Wildman–Crippen MR) is 115 cm³/mol. The second-order valence-corrected chi connectivity index (χ2v) is 10.6. The number of amides is 1. The molecular formula is C22H27ClN2O3S. The van der Waals surface area contributed by atoms with Crippen molar-refractivity contribution in [1.29, 1.82) is 0 Å². The fourth-order valence-corrected chi connectivity index (χ4v) is 5.37. The molecule has 1 N–H and O–H groups in total. The molecule has 0 unspecified atom stereocenters. The van der Waals surface area contributed by atoms with E-state index in [1.807, 2.05) is 44.2 Å². The first-order valence-electron chi connectivity index (χ1n) is 9.79. The molecule has 0 radical (unpaired) electrons. The molecule has 1 fully saturated rings. The molecule has 7 heteroatoms. The SMILES string of the molecule is CC(C)(Cc1ccccc1)NC(=O)[C@H]1CCCN(S(=O)(=O)c2ccc(Cl)cc2)C1. The molecule has 5 nitrogen and oxygen atoms in total. The van der Waals surface area contributed by atoms with Crippen molar-refractivity contribution < 1.29 is 13.2 Å². The minimum absolute atomic E-state index is 0.0954. The molecule has 0 aromatic heterocycles. The fourth-order valence-electron chi connectivity index (χ4n) is 3.72. The Labute approximate surface area is 178 Å². The zero-order chi connectivity index (χ0) is 21.1. The first-order valence-corrected chi connectivity index (χ1v) is 11.6. The van der Waals surface area contributed by atoms with Gasteiger partial charge in [-0.2, -0.15) is 4.31 Å². The average Bonchev–Trinajstić information content (AvgIpc) is 2.68. The van der Waals surface area contributed by atoms with Gasteiger partial charge in [0.05, 0.1) is 10.8 Å². The van der Waals surface area contributed by atoms with Gasteiger partial charge >= 0.3 is 0 Å². The third kappa shape index (κ3) is 5.59. The number of carbonyl (C=O) groups is 1. The Morgan fingerprint density at radius 1 is 1.14 bits per heavy atom. The summed E-state index contributed by atoms with van der Waals surface area (Å²) in [6.07, 6.45) is 2.04. The predicted octanol–water partition coefficient (Wildman–Crippen LogP) is 3.88. The Morgan fingerprint density at radius 3 is 2.45 bits per heavy atom. The number of piperidine rings is 1. The van der Waals surface area contributed by atoms with Gasteiger partial charge in [0.15, 0.2) is 0 Å². The molecule has 156 valence electrons. The molecule has 0 bridgehead atoms. The Bertz CT molecular complexity index is 944. The van der Waals surface area contributed by atoms with Gasteiger partial charge in [-0.25, -0.2) is 8.42 Å². The maximum absolute atomic E-state index is 12.9. The Hall–Kier alpha value is -1.89. The molecule has 0 spiro atoms. The van der Waals surface area contributed by atoms with Crippen LogP contribution in [0.2, 0.25) is 5.02 Å². The lowest BCUT2D eigenvalue weighted by atomic mass is 9.92. The summed E-state index contributed by atoms with van der Waals surface area (Å²) in [5.41, 5.74) is 0.726. The van der Waals surface area contributed by atoms with Gasteiger partial charge in [-0.05, 0) is 62.9 Å². The van der Waals surface area contributed by atoms with Gasteiger partial charge in [-0.3, -0.25) is 4.79 Å². The summed E-state index contributed by atoms with van der Waals surface area (Å²) in [6, 6.07) is 16.1. The summed E-state index contributed by atoms with van der Waals surface area (Å²) in [5, 5.41) is 3.60. The number of sulfonamides is 1. The molecule has 1 aliphatic rings. The summed E-state index contributed by atoms with van der Waals surface area (Å²) in [6.45, 7) is 4.59. The van der Waals surface area contributed by atoms with E-state index in [0.717, 1.165) is 5.56 Å². The molecule has 1 heterocycles. The highest BCUT2D eigenvalue weighted by atomic mass is 35.5. The number of hydrogen-bond donors (Lipinski definition) is 1. The van der Waals surface area contributed by atoms with Crippen LogP contribution in [0.3, 0.4) is 0 Å². The van der Waals surface area contributed by atoms with Gasteiger partial charge in [0.25, 0.3) is 0 Å². The Balaban J connectivity index is 1.66. The van der Waals surface area contributed by atoms with Crippen molar-refractivity contribution in [2.24, 2.45) is 5.92 Å².